The number of esters is 4. The molecule has 2 rings (SSSR count). The number of carbonyl (C=O) groups excluding carboxylic acids is 5. The van der Waals surface area contributed by atoms with Gasteiger partial charge in [0.1, 0.15) is 5.75 Å². The van der Waals surface area contributed by atoms with Crippen molar-refractivity contribution in [1.82, 2.24) is 0 Å². The molecular weight excluding hydrogens is 416 g/mol. The molecule has 1 aromatic rings. The number of hydrogen-bond donors (Lipinski definition) is 0. The molecule has 1 heterocycles. The minimum Gasteiger partial charge on any atom is -0.467 e. The highest BCUT2D eigenvalue weighted by Crippen LogP contribution is 2.31. The minimum atomic E-state index is -1.58. The molecule has 1 aliphatic heterocycles. The Balaban J connectivity index is 2.53. The second-order valence-corrected chi connectivity index (χ2v) is 6.44. The molecule has 11 nitrogen and oxygen atoms in total. The Labute approximate surface area is 177 Å². The number of ether oxygens (including phenoxy) is 6. The number of hydrogen-bond acceptors (Lipinski definition) is 11. The zero-order valence-corrected chi connectivity index (χ0v) is 17.3. The summed E-state index contributed by atoms with van der Waals surface area (Å²) in [5.41, 5.74) is 0.147. The van der Waals surface area contributed by atoms with Crippen LogP contribution in [0.15, 0.2) is 24.3 Å². The smallest absolute Gasteiger partial charge is 0.339 e. The molecule has 31 heavy (non-hydrogen) atoms. The number of benzene rings is 1. The maximum absolute atomic E-state index is 12.3. The highest BCUT2D eigenvalue weighted by molar-refractivity contribution is 5.79. The van der Waals surface area contributed by atoms with Crippen molar-refractivity contribution >= 4 is 30.2 Å². The van der Waals surface area contributed by atoms with E-state index in [0.717, 1.165) is 27.9 Å². The molecular formula is C20H22O11. The first-order valence-electron chi connectivity index (χ1n) is 9.13. The van der Waals surface area contributed by atoms with E-state index in [-0.39, 0.29) is 11.3 Å². The lowest BCUT2D eigenvalue weighted by atomic mass is 9.97. The van der Waals surface area contributed by atoms with Crippen LogP contribution < -0.4 is 4.74 Å². The molecule has 0 spiro atoms. The van der Waals surface area contributed by atoms with Gasteiger partial charge in [0, 0.05) is 20.8 Å². The van der Waals surface area contributed by atoms with Crippen molar-refractivity contribution < 1.29 is 52.4 Å². The third kappa shape index (κ3) is 6.01. The number of rotatable bonds is 7. The van der Waals surface area contributed by atoms with Gasteiger partial charge >= 0.3 is 23.9 Å². The van der Waals surface area contributed by atoms with Crippen LogP contribution in [0, 0.1) is 0 Å². The van der Waals surface area contributed by atoms with Gasteiger partial charge in [0.25, 0.3) is 0 Å². The molecule has 0 N–H and O–H groups in total. The molecule has 0 aliphatic carbocycles. The summed E-state index contributed by atoms with van der Waals surface area (Å²) in [6, 6.07) is 6.09. The van der Waals surface area contributed by atoms with E-state index in [1.165, 1.54) is 12.1 Å². The van der Waals surface area contributed by atoms with Gasteiger partial charge in [-0.1, -0.05) is 12.1 Å². The fourth-order valence-corrected chi connectivity index (χ4v) is 2.99. The van der Waals surface area contributed by atoms with Gasteiger partial charge in [-0.15, -0.1) is 0 Å². The average Bonchev–Trinajstić information content (AvgIpc) is 2.70. The molecule has 1 aliphatic rings. The van der Waals surface area contributed by atoms with Crippen LogP contribution in [0.4, 0.5) is 0 Å². The monoisotopic (exact) mass is 438 g/mol. The first-order valence-corrected chi connectivity index (χ1v) is 9.13. The topological polar surface area (TPSA) is 141 Å². The minimum absolute atomic E-state index is 0.0516. The highest BCUT2D eigenvalue weighted by Gasteiger charge is 2.55. The summed E-state index contributed by atoms with van der Waals surface area (Å²) < 4.78 is 31.7. The summed E-state index contributed by atoms with van der Waals surface area (Å²) in [5, 5.41) is 0. The quantitative estimate of drug-likeness (QED) is 0.335. The number of aldehydes is 1. The summed E-state index contributed by atoms with van der Waals surface area (Å²) in [6.45, 7) is 3.24. The Morgan fingerprint density at radius 1 is 0.871 bits per heavy atom. The first kappa shape index (κ1) is 23.8. The van der Waals surface area contributed by atoms with E-state index in [4.69, 9.17) is 28.4 Å². The van der Waals surface area contributed by atoms with Gasteiger partial charge in [0.15, 0.2) is 24.6 Å². The average molecular weight is 438 g/mol. The fourth-order valence-electron chi connectivity index (χ4n) is 2.99. The summed E-state index contributed by atoms with van der Waals surface area (Å²) in [6.07, 6.45) is -7.01. The Kier molecular flexibility index (Phi) is 8.08. The summed E-state index contributed by atoms with van der Waals surface area (Å²) in [4.78, 5) is 58.8. The van der Waals surface area contributed by atoms with Gasteiger partial charge in [-0.3, -0.25) is 19.2 Å². The van der Waals surface area contributed by atoms with Crippen LogP contribution >= 0.6 is 0 Å². The number of methoxy groups -OCH3 is 1. The number of carbonyl (C=O) groups is 5. The van der Waals surface area contributed by atoms with Crippen molar-refractivity contribution in [2.24, 2.45) is 0 Å². The molecule has 1 saturated heterocycles. The summed E-state index contributed by atoms with van der Waals surface area (Å²) in [7, 11) is 1.08. The predicted molar refractivity (Wildman–Crippen MR) is 99.8 cm³/mol. The van der Waals surface area contributed by atoms with Crippen molar-refractivity contribution in [1.29, 1.82) is 0 Å². The Hall–Kier alpha value is -3.47. The standard InChI is InChI=1S/C20H22O11/c1-10(22)27-15-16(28-11(2)23)18(29-12(3)24)20(31-17(15)19(25)26-4)30-14-8-6-5-7-13(14)9-21/h5-9,15-18,20H,1-4H3/t15-,16-,17-,18+,20+/m0/s1. The molecule has 0 unspecified atom stereocenters. The van der Waals surface area contributed by atoms with Crippen molar-refractivity contribution in [2.45, 2.75) is 51.5 Å². The third-order valence-corrected chi connectivity index (χ3v) is 4.12. The molecule has 0 saturated carbocycles. The van der Waals surface area contributed by atoms with Crippen LogP contribution in [0.25, 0.3) is 0 Å². The van der Waals surface area contributed by atoms with Gasteiger partial charge in [-0.2, -0.15) is 0 Å². The van der Waals surface area contributed by atoms with E-state index in [2.05, 4.69) is 0 Å². The molecule has 0 amide bonds. The zero-order chi connectivity index (χ0) is 23.1. The molecule has 1 fully saturated rings. The van der Waals surface area contributed by atoms with Gasteiger partial charge in [-0.25, -0.2) is 4.79 Å². The summed E-state index contributed by atoms with van der Waals surface area (Å²) in [5.74, 6) is -3.32. The van der Waals surface area contributed by atoms with E-state index >= 15 is 0 Å². The van der Waals surface area contributed by atoms with Gasteiger partial charge in [0.05, 0.1) is 12.7 Å². The molecule has 0 radical (unpaired) electrons. The van der Waals surface area contributed by atoms with Gasteiger partial charge < -0.3 is 28.4 Å². The third-order valence-electron chi connectivity index (χ3n) is 4.12. The van der Waals surface area contributed by atoms with Crippen molar-refractivity contribution in [3.8, 4) is 5.75 Å². The number of para-hydroxylation sites is 1. The highest BCUT2D eigenvalue weighted by atomic mass is 16.7. The fraction of sp³-hybridized carbons (Fsp3) is 0.450. The first-order chi connectivity index (χ1) is 14.7. The van der Waals surface area contributed by atoms with Gasteiger partial charge in [0.2, 0.25) is 12.4 Å². The maximum Gasteiger partial charge on any atom is 0.339 e. The lowest BCUT2D eigenvalue weighted by molar-refractivity contribution is -0.282. The van der Waals surface area contributed by atoms with Crippen LogP contribution in [-0.2, 0) is 42.9 Å². The van der Waals surface area contributed by atoms with E-state index in [1.54, 1.807) is 12.1 Å². The van der Waals surface area contributed by atoms with E-state index < -0.39 is 54.6 Å². The molecule has 168 valence electrons. The predicted octanol–water partition coefficient (Wildman–Crippen LogP) is 0.571. The largest absolute Gasteiger partial charge is 0.467 e. The second-order valence-electron chi connectivity index (χ2n) is 6.44. The van der Waals surface area contributed by atoms with Crippen LogP contribution in [-0.4, -0.2) is 68.0 Å². The molecule has 0 bridgehead atoms. The lowest BCUT2D eigenvalue weighted by Gasteiger charge is -2.43. The summed E-state index contributed by atoms with van der Waals surface area (Å²) >= 11 is 0. The SMILES string of the molecule is COC(=O)[C@H]1O[C@@H](Oc2ccccc2C=O)[C@H](OC(C)=O)[C@@H](OC(C)=O)[C@@H]1OC(C)=O. The van der Waals surface area contributed by atoms with Crippen LogP contribution in [0.1, 0.15) is 31.1 Å². The molecule has 1 aromatic carbocycles. The van der Waals surface area contributed by atoms with E-state index in [1.807, 2.05) is 0 Å². The lowest BCUT2D eigenvalue weighted by Crippen LogP contribution is -2.64. The maximum atomic E-state index is 12.3. The van der Waals surface area contributed by atoms with E-state index in [9.17, 15) is 24.0 Å². The second kappa shape index (κ2) is 10.5. The van der Waals surface area contributed by atoms with Crippen molar-refractivity contribution in [3.63, 3.8) is 0 Å². The van der Waals surface area contributed by atoms with Crippen molar-refractivity contribution in [3.05, 3.63) is 29.8 Å². The molecule has 5 atom stereocenters. The van der Waals surface area contributed by atoms with Crippen LogP contribution in [0.5, 0.6) is 5.75 Å². The molecule has 0 aromatic heterocycles. The van der Waals surface area contributed by atoms with Crippen LogP contribution in [0.2, 0.25) is 0 Å². The van der Waals surface area contributed by atoms with E-state index in [0.29, 0.717) is 6.29 Å². The Morgan fingerprint density at radius 3 is 1.97 bits per heavy atom. The normalized spacial score (nSPS) is 25.0. The zero-order valence-electron chi connectivity index (χ0n) is 17.3. The van der Waals surface area contributed by atoms with Crippen LogP contribution in [0.3, 0.4) is 0 Å². The Bertz CT molecular complexity index is 849. The Morgan fingerprint density at radius 2 is 1.42 bits per heavy atom. The van der Waals surface area contributed by atoms with Gasteiger partial charge in [-0.05, 0) is 12.1 Å². The molecule has 11 heteroatoms. The van der Waals surface area contributed by atoms with Crippen molar-refractivity contribution in [2.75, 3.05) is 7.11 Å².